The third-order valence-corrected chi connectivity index (χ3v) is 7.60. The molecular weight excluding hydrogens is 368 g/mol. The van der Waals surface area contributed by atoms with Gasteiger partial charge in [0.1, 0.15) is 0 Å². The number of sulfone groups is 1. The van der Waals surface area contributed by atoms with Crippen LogP contribution in [-0.4, -0.2) is 42.3 Å². The average molecular weight is 387 g/mol. The average Bonchev–Trinajstić information content (AvgIpc) is 2.97. The summed E-state index contributed by atoms with van der Waals surface area (Å²) in [6.45, 7) is 2.03. The molecule has 2 aliphatic heterocycles. The Hall–Kier alpha value is -1.05. The Morgan fingerprint density at radius 3 is 2.71 bits per heavy atom. The highest BCUT2D eigenvalue weighted by Gasteiger charge is 2.49. The van der Waals surface area contributed by atoms with Crippen LogP contribution in [0, 0.1) is 0 Å². The molecule has 0 radical (unpaired) electrons. The summed E-state index contributed by atoms with van der Waals surface area (Å²) in [6.07, 6.45) is 2.17. The number of amidine groups is 1. The van der Waals surface area contributed by atoms with E-state index in [-0.39, 0.29) is 28.7 Å². The minimum atomic E-state index is -3.05. The largest absolute Gasteiger partial charge is 0.316 e. The number of unbranched alkanes of at least 4 members (excludes halogenated alkanes) is 1. The lowest BCUT2D eigenvalue weighted by Gasteiger charge is -2.24. The molecule has 0 spiro atoms. The minimum absolute atomic E-state index is 0.0802. The molecule has 3 rings (SSSR count). The fourth-order valence-electron chi connectivity index (χ4n) is 2.96. The normalized spacial score (nSPS) is 26.8. The number of anilines is 1. The summed E-state index contributed by atoms with van der Waals surface area (Å²) in [5.41, 5.74) is 0.818. The summed E-state index contributed by atoms with van der Waals surface area (Å²) in [5.74, 6) is 0.0745. The minimum Gasteiger partial charge on any atom is -0.316 e. The quantitative estimate of drug-likeness (QED) is 0.795. The lowest BCUT2D eigenvalue weighted by atomic mass is 10.2. The van der Waals surface area contributed by atoms with E-state index in [0.29, 0.717) is 16.6 Å². The molecule has 2 saturated heterocycles. The maximum absolute atomic E-state index is 12.1. The molecular formula is C16H19ClN2O3S2. The first-order chi connectivity index (χ1) is 11.4. The lowest BCUT2D eigenvalue weighted by molar-refractivity contribution is -0.117. The zero-order chi connectivity index (χ0) is 17.3. The van der Waals surface area contributed by atoms with Crippen molar-refractivity contribution < 1.29 is 13.2 Å². The molecule has 130 valence electrons. The molecule has 2 heterocycles. The highest BCUT2D eigenvalue weighted by atomic mass is 35.5. The summed E-state index contributed by atoms with van der Waals surface area (Å²) >= 11 is 7.34. The van der Waals surface area contributed by atoms with Crippen LogP contribution in [0.25, 0.3) is 0 Å². The third kappa shape index (κ3) is 3.78. The summed E-state index contributed by atoms with van der Waals surface area (Å²) in [4.78, 5) is 18.2. The van der Waals surface area contributed by atoms with E-state index < -0.39 is 9.84 Å². The molecule has 0 aliphatic carbocycles. The van der Waals surface area contributed by atoms with Crippen molar-refractivity contribution in [2.45, 2.75) is 37.5 Å². The number of carbonyl (C=O) groups excluding carboxylic acids is 1. The maximum Gasteiger partial charge on any atom is 0.248 e. The Labute approximate surface area is 151 Å². The first-order valence-electron chi connectivity index (χ1n) is 7.93. The summed E-state index contributed by atoms with van der Waals surface area (Å²) in [7, 11) is -3.05. The van der Waals surface area contributed by atoms with E-state index in [1.807, 2.05) is 24.0 Å². The summed E-state index contributed by atoms with van der Waals surface area (Å²) in [6, 6.07) is 7.01. The number of rotatable bonds is 4. The monoisotopic (exact) mass is 386 g/mol. The molecule has 0 N–H and O–H groups in total. The molecule has 2 fully saturated rings. The van der Waals surface area contributed by atoms with Crippen molar-refractivity contribution in [3.63, 3.8) is 0 Å². The predicted molar refractivity (Wildman–Crippen MR) is 99.7 cm³/mol. The molecule has 0 bridgehead atoms. The Kier molecular flexibility index (Phi) is 5.22. The number of hydrogen-bond donors (Lipinski definition) is 0. The molecule has 5 nitrogen and oxygen atoms in total. The van der Waals surface area contributed by atoms with Crippen LogP contribution in [0.4, 0.5) is 5.69 Å². The number of hydrogen-bond acceptors (Lipinski definition) is 4. The number of aliphatic imine (C=N–C) groups is 1. The van der Waals surface area contributed by atoms with Gasteiger partial charge in [0.25, 0.3) is 0 Å². The zero-order valence-electron chi connectivity index (χ0n) is 13.3. The number of fused-ring (bicyclic) bond motifs is 1. The lowest BCUT2D eigenvalue weighted by Crippen LogP contribution is -2.37. The van der Waals surface area contributed by atoms with Gasteiger partial charge in [0.05, 0.1) is 17.5 Å². The van der Waals surface area contributed by atoms with Gasteiger partial charge in [0.15, 0.2) is 15.0 Å². The van der Waals surface area contributed by atoms with Crippen LogP contribution < -0.4 is 4.90 Å². The highest BCUT2D eigenvalue weighted by molar-refractivity contribution is 8.16. The Morgan fingerprint density at radius 2 is 2.04 bits per heavy atom. The first-order valence-corrected chi connectivity index (χ1v) is 11.0. The fourth-order valence-corrected chi connectivity index (χ4v) is 7.02. The maximum atomic E-state index is 12.1. The van der Waals surface area contributed by atoms with Crippen LogP contribution >= 0.6 is 23.4 Å². The second kappa shape index (κ2) is 7.06. The molecule has 0 aromatic heterocycles. The van der Waals surface area contributed by atoms with Crippen LogP contribution in [0.1, 0.15) is 26.2 Å². The van der Waals surface area contributed by atoms with Crippen LogP contribution in [0.3, 0.4) is 0 Å². The second-order valence-electron chi connectivity index (χ2n) is 6.04. The molecule has 1 aromatic rings. The topological polar surface area (TPSA) is 66.8 Å². The van der Waals surface area contributed by atoms with Crippen molar-refractivity contribution in [2.75, 3.05) is 16.4 Å². The van der Waals surface area contributed by atoms with Gasteiger partial charge in [0.2, 0.25) is 5.91 Å². The van der Waals surface area contributed by atoms with E-state index >= 15 is 0 Å². The first kappa shape index (κ1) is 17.8. The van der Waals surface area contributed by atoms with Crippen LogP contribution in [-0.2, 0) is 14.6 Å². The predicted octanol–water partition coefficient (Wildman–Crippen LogP) is 3.13. The van der Waals surface area contributed by atoms with Gasteiger partial charge < -0.3 is 4.90 Å². The molecule has 1 amide bonds. The summed E-state index contributed by atoms with van der Waals surface area (Å²) in [5, 5.41) is 1.13. The van der Waals surface area contributed by atoms with Crippen LogP contribution in [0.15, 0.2) is 29.3 Å². The van der Waals surface area contributed by atoms with E-state index in [0.717, 1.165) is 18.5 Å². The van der Waals surface area contributed by atoms with Crippen molar-refractivity contribution >= 4 is 50.0 Å². The van der Waals surface area contributed by atoms with Gasteiger partial charge in [-0.1, -0.05) is 36.7 Å². The highest BCUT2D eigenvalue weighted by Crippen LogP contribution is 2.41. The van der Waals surface area contributed by atoms with Gasteiger partial charge in [-0.05, 0) is 30.7 Å². The second-order valence-corrected chi connectivity index (χ2v) is 9.84. The van der Waals surface area contributed by atoms with Crippen molar-refractivity contribution in [2.24, 2.45) is 4.99 Å². The van der Waals surface area contributed by atoms with Crippen molar-refractivity contribution in [3.8, 4) is 0 Å². The van der Waals surface area contributed by atoms with Crippen molar-refractivity contribution in [3.05, 3.63) is 29.3 Å². The van der Waals surface area contributed by atoms with Gasteiger partial charge in [-0.15, -0.1) is 0 Å². The Balaban J connectivity index is 1.92. The van der Waals surface area contributed by atoms with E-state index in [1.54, 1.807) is 12.1 Å². The molecule has 0 saturated carbocycles. The van der Waals surface area contributed by atoms with Gasteiger partial charge in [-0.2, -0.15) is 4.99 Å². The van der Waals surface area contributed by atoms with E-state index in [9.17, 15) is 13.2 Å². The molecule has 24 heavy (non-hydrogen) atoms. The van der Waals surface area contributed by atoms with Gasteiger partial charge >= 0.3 is 0 Å². The van der Waals surface area contributed by atoms with Gasteiger partial charge in [-0.3, -0.25) is 4.79 Å². The van der Waals surface area contributed by atoms with E-state index in [1.165, 1.54) is 11.8 Å². The SMILES string of the molecule is CCCCC(=O)N=C1S[C@@H]2CS(=O)(=O)C[C@@H]2N1c1ccc(Cl)cc1. The van der Waals surface area contributed by atoms with E-state index in [2.05, 4.69) is 4.99 Å². The zero-order valence-corrected chi connectivity index (χ0v) is 15.7. The van der Waals surface area contributed by atoms with E-state index in [4.69, 9.17) is 11.6 Å². The summed E-state index contributed by atoms with van der Waals surface area (Å²) < 4.78 is 24.0. The molecule has 0 unspecified atom stereocenters. The number of halogens is 1. The number of nitrogens with zero attached hydrogens (tertiary/aromatic N) is 2. The molecule has 8 heteroatoms. The van der Waals surface area contributed by atoms with Crippen LogP contribution in [0.2, 0.25) is 5.02 Å². The number of benzene rings is 1. The number of carbonyl (C=O) groups is 1. The Morgan fingerprint density at radius 1 is 1.33 bits per heavy atom. The number of amides is 1. The molecule has 2 aliphatic rings. The van der Waals surface area contributed by atoms with Crippen molar-refractivity contribution in [1.82, 2.24) is 0 Å². The van der Waals surface area contributed by atoms with Gasteiger partial charge in [-0.25, -0.2) is 8.42 Å². The third-order valence-electron chi connectivity index (χ3n) is 4.14. The number of thioether (sulfide) groups is 1. The fraction of sp³-hybridized carbons (Fsp3) is 0.500. The van der Waals surface area contributed by atoms with Gasteiger partial charge in [0, 0.05) is 22.4 Å². The standard InChI is InChI=1S/C16H19ClN2O3S2/c1-2-3-4-15(20)18-16-19(12-7-5-11(17)6-8-12)13-9-24(21,22)10-14(13)23-16/h5-8,13-14H,2-4,9-10H2,1H3/t13-,14+/m0/s1. The molecule has 1 aromatic carbocycles. The smallest absolute Gasteiger partial charge is 0.248 e. The van der Waals surface area contributed by atoms with Crippen LogP contribution in [0.5, 0.6) is 0 Å². The molecule has 2 atom stereocenters. The Bertz CT molecular complexity index is 762. The van der Waals surface area contributed by atoms with Crippen molar-refractivity contribution in [1.29, 1.82) is 0 Å².